The summed E-state index contributed by atoms with van der Waals surface area (Å²) in [5.74, 6) is 0. The first-order valence-electron chi connectivity index (χ1n) is 3.38. The Hall–Kier alpha value is -0.850. The van der Waals surface area contributed by atoms with Crippen LogP contribution < -0.4 is 0 Å². The van der Waals surface area contributed by atoms with E-state index in [1.807, 2.05) is 6.92 Å². The monoisotopic (exact) mass is 275 g/mol. The van der Waals surface area contributed by atoms with Crippen LogP contribution in [0.15, 0.2) is 12.4 Å². The van der Waals surface area contributed by atoms with E-state index in [9.17, 15) is 5.11 Å². The average molecular weight is 275 g/mol. The second-order valence-electron chi connectivity index (χ2n) is 2.43. The van der Waals surface area contributed by atoms with Crippen molar-refractivity contribution >= 4 is 28.2 Å². The standard InChI is InChI=1S/C7H6IN3O/c1-4-5(8)6-9-2-3-11(6)7(12)10-4/h2-3H,1H3,(H,10,12). The first-order valence-corrected chi connectivity index (χ1v) is 4.46. The molecule has 0 aliphatic carbocycles. The van der Waals surface area contributed by atoms with Crippen LogP contribution >= 0.6 is 22.6 Å². The van der Waals surface area contributed by atoms with Gasteiger partial charge in [0.2, 0.25) is 0 Å². The van der Waals surface area contributed by atoms with Gasteiger partial charge in [0, 0.05) is 12.4 Å². The van der Waals surface area contributed by atoms with E-state index in [0.29, 0.717) is 0 Å². The molecule has 2 rings (SSSR count). The molecule has 0 saturated heterocycles. The van der Waals surface area contributed by atoms with Crippen LogP contribution in [0.25, 0.3) is 5.65 Å². The van der Waals surface area contributed by atoms with Crippen LogP contribution in [0.4, 0.5) is 0 Å². The van der Waals surface area contributed by atoms with Crippen LogP contribution in [0.5, 0.6) is 6.01 Å². The highest BCUT2D eigenvalue weighted by molar-refractivity contribution is 14.1. The molecule has 4 nitrogen and oxygen atoms in total. The Labute approximate surface area is 82.4 Å². The molecule has 0 aliphatic heterocycles. The van der Waals surface area contributed by atoms with Crippen molar-refractivity contribution in [2.75, 3.05) is 0 Å². The van der Waals surface area contributed by atoms with E-state index in [2.05, 4.69) is 32.6 Å². The molecule has 12 heavy (non-hydrogen) atoms. The van der Waals surface area contributed by atoms with Gasteiger partial charge < -0.3 is 5.11 Å². The van der Waals surface area contributed by atoms with Crippen LogP contribution in [0, 0.1) is 10.5 Å². The lowest BCUT2D eigenvalue weighted by Gasteiger charge is -2.01. The van der Waals surface area contributed by atoms with Crippen molar-refractivity contribution in [3.63, 3.8) is 0 Å². The third-order valence-electron chi connectivity index (χ3n) is 1.64. The molecule has 2 aromatic rings. The molecule has 0 aromatic carbocycles. The van der Waals surface area contributed by atoms with Crippen molar-refractivity contribution in [2.24, 2.45) is 0 Å². The van der Waals surface area contributed by atoms with Gasteiger partial charge in [0.15, 0.2) is 5.65 Å². The lowest BCUT2D eigenvalue weighted by molar-refractivity contribution is 0.421. The van der Waals surface area contributed by atoms with Gasteiger partial charge in [-0.05, 0) is 29.5 Å². The summed E-state index contributed by atoms with van der Waals surface area (Å²) in [7, 11) is 0. The summed E-state index contributed by atoms with van der Waals surface area (Å²) in [5, 5.41) is 9.37. The largest absolute Gasteiger partial charge is 0.480 e. The average Bonchev–Trinajstić information content (AvgIpc) is 2.48. The number of fused-ring (bicyclic) bond motifs is 1. The Morgan fingerprint density at radius 1 is 1.58 bits per heavy atom. The van der Waals surface area contributed by atoms with Gasteiger partial charge in [0.05, 0.1) is 9.26 Å². The highest BCUT2D eigenvalue weighted by atomic mass is 127. The number of rotatable bonds is 0. The number of hydrogen-bond donors (Lipinski definition) is 1. The van der Waals surface area contributed by atoms with Crippen molar-refractivity contribution in [3.05, 3.63) is 21.7 Å². The maximum Gasteiger partial charge on any atom is 0.299 e. The van der Waals surface area contributed by atoms with Crippen molar-refractivity contribution in [1.82, 2.24) is 14.4 Å². The molecule has 0 radical (unpaired) electrons. The van der Waals surface area contributed by atoms with Gasteiger partial charge in [-0.1, -0.05) is 0 Å². The molecule has 1 N–H and O–H groups in total. The third kappa shape index (κ3) is 0.961. The zero-order valence-electron chi connectivity index (χ0n) is 6.32. The number of aromatic hydroxyl groups is 1. The first-order chi connectivity index (χ1) is 5.70. The van der Waals surface area contributed by atoms with Gasteiger partial charge in [-0.2, -0.15) is 0 Å². The van der Waals surface area contributed by atoms with Crippen LogP contribution in [0.1, 0.15) is 5.69 Å². The molecule has 0 amide bonds. The molecule has 0 fully saturated rings. The Kier molecular flexibility index (Phi) is 1.67. The Morgan fingerprint density at radius 2 is 2.33 bits per heavy atom. The van der Waals surface area contributed by atoms with Crippen LogP contribution in [-0.2, 0) is 0 Å². The Balaban J connectivity index is 2.97. The van der Waals surface area contributed by atoms with Gasteiger partial charge in [-0.25, -0.2) is 9.97 Å². The molecular formula is C7H6IN3O. The maximum atomic E-state index is 9.37. The van der Waals surface area contributed by atoms with Crippen LogP contribution in [0.2, 0.25) is 0 Å². The summed E-state index contributed by atoms with van der Waals surface area (Å²) in [6.45, 7) is 1.84. The summed E-state index contributed by atoms with van der Waals surface area (Å²) < 4.78 is 2.52. The van der Waals surface area contributed by atoms with Crippen molar-refractivity contribution < 1.29 is 5.11 Å². The lowest BCUT2D eigenvalue weighted by atomic mass is 10.4. The SMILES string of the molecule is Cc1nc(O)n2ccnc2c1I. The molecule has 0 aliphatic rings. The summed E-state index contributed by atoms with van der Waals surface area (Å²) in [6, 6.07) is -0.0135. The number of aryl methyl sites for hydroxylation is 1. The Bertz CT molecular complexity index is 437. The minimum Gasteiger partial charge on any atom is -0.480 e. The summed E-state index contributed by atoms with van der Waals surface area (Å²) in [6.07, 6.45) is 3.32. The second-order valence-corrected chi connectivity index (χ2v) is 3.51. The molecule has 0 saturated carbocycles. The van der Waals surface area contributed by atoms with E-state index >= 15 is 0 Å². The van der Waals surface area contributed by atoms with Gasteiger partial charge in [-0.3, -0.25) is 4.40 Å². The maximum absolute atomic E-state index is 9.37. The number of halogens is 1. The summed E-state index contributed by atoms with van der Waals surface area (Å²) in [4.78, 5) is 8.04. The molecule has 0 bridgehead atoms. The van der Waals surface area contributed by atoms with Crippen molar-refractivity contribution in [2.45, 2.75) is 6.92 Å². The minimum absolute atomic E-state index is 0.0135. The van der Waals surface area contributed by atoms with Crippen LogP contribution in [0.3, 0.4) is 0 Å². The van der Waals surface area contributed by atoms with Gasteiger partial charge in [0.25, 0.3) is 6.01 Å². The normalized spacial score (nSPS) is 10.8. The fourth-order valence-electron chi connectivity index (χ4n) is 1.04. The molecule has 5 heteroatoms. The van der Waals surface area contributed by atoms with Crippen molar-refractivity contribution in [1.29, 1.82) is 0 Å². The lowest BCUT2D eigenvalue weighted by Crippen LogP contribution is -1.95. The molecule has 0 atom stereocenters. The number of aromatic nitrogens is 3. The number of hydrogen-bond acceptors (Lipinski definition) is 3. The van der Waals surface area contributed by atoms with Crippen LogP contribution in [-0.4, -0.2) is 19.5 Å². The summed E-state index contributed by atoms with van der Waals surface area (Å²) >= 11 is 2.16. The zero-order valence-corrected chi connectivity index (χ0v) is 8.48. The van der Waals surface area contributed by atoms with E-state index < -0.39 is 0 Å². The zero-order chi connectivity index (χ0) is 8.72. The quantitative estimate of drug-likeness (QED) is 0.738. The number of nitrogens with zero attached hydrogens (tertiary/aromatic N) is 3. The van der Waals surface area contributed by atoms with E-state index in [0.717, 1.165) is 14.9 Å². The highest BCUT2D eigenvalue weighted by Gasteiger charge is 2.07. The predicted molar refractivity (Wildman–Crippen MR) is 52.1 cm³/mol. The first kappa shape index (κ1) is 7.78. The third-order valence-corrected chi connectivity index (χ3v) is 2.90. The topological polar surface area (TPSA) is 50.4 Å². The molecule has 0 unspecified atom stereocenters. The van der Waals surface area contributed by atoms with Crippen molar-refractivity contribution in [3.8, 4) is 6.01 Å². The molecular weight excluding hydrogens is 269 g/mol. The minimum atomic E-state index is -0.0135. The van der Waals surface area contributed by atoms with E-state index in [1.54, 1.807) is 16.8 Å². The van der Waals surface area contributed by atoms with Gasteiger partial charge in [0.1, 0.15) is 0 Å². The summed E-state index contributed by atoms with van der Waals surface area (Å²) in [5.41, 5.74) is 1.55. The van der Waals surface area contributed by atoms with E-state index in [-0.39, 0.29) is 6.01 Å². The van der Waals surface area contributed by atoms with Gasteiger partial charge >= 0.3 is 0 Å². The molecule has 2 aromatic heterocycles. The molecule has 0 spiro atoms. The number of imidazole rings is 1. The fraction of sp³-hybridized carbons (Fsp3) is 0.143. The molecule has 2 heterocycles. The smallest absolute Gasteiger partial charge is 0.299 e. The molecule has 62 valence electrons. The highest BCUT2D eigenvalue weighted by Crippen LogP contribution is 2.18. The van der Waals surface area contributed by atoms with E-state index in [4.69, 9.17) is 0 Å². The van der Waals surface area contributed by atoms with E-state index in [1.165, 1.54) is 0 Å². The predicted octanol–water partition coefficient (Wildman–Crippen LogP) is 1.35. The fourth-order valence-corrected chi connectivity index (χ4v) is 1.56. The Morgan fingerprint density at radius 3 is 3.08 bits per heavy atom. The van der Waals surface area contributed by atoms with Gasteiger partial charge in [-0.15, -0.1) is 0 Å². The second kappa shape index (κ2) is 2.58.